The third-order valence-corrected chi connectivity index (χ3v) is 5.16. The van der Waals surface area contributed by atoms with Gasteiger partial charge in [-0.2, -0.15) is 0 Å². The molecule has 0 aromatic heterocycles. The summed E-state index contributed by atoms with van der Waals surface area (Å²) in [5.74, 6) is 0.758. The average Bonchev–Trinajstić information content (AvgIpc) is 2.58. The minimum Gasteiger partial charge on any atom is -0.357 e. The molecule has 1 aromatic rings. The molecule has 0 aliphatic rings. The zero-order valence-corrected chi connectivity index (χ0v) is 18.0. The van der Waals surface area contributed by atoms with Crippen molar-refractivity contribution in [2.24, 2.45) is 10.1 Å². The van der Waals surface area contributed by atoms with Crippen LogP contribution in [0.4, 0.5) is 0 Å². The van der Waals surface area contributed by atoms with Crippen LogP contribution >= 0.6 is 0 Å². The van der Waals surface area contributed by atoms with Crippen molar-refractivity contribution in [2.45, 2.75) is 64.6 Å². The molecule has 0 bridgehead atoms. The summed E-state index contributed by atoms with van der Waals surface area (Å²) < 4.78 is 22.6. The van der Waals surface area contributed by atoms with Gasteiger partial charge in [0.2, 0.25) is 10.0 Å². The molecule has 0 amide bonds. The number of aliphatic imine (C=N–C) groups is 1. The lowest BCUT2D eigenvalue weighted by Crippen LogP contribution is -2.41. The Hall–Kier alpha value is -1.64. The van der Waals surface area contributed by atoms with Crippen LogP contribution in [0, 0.1) is 0 Å². The molecule has 0 fully saturated rings. The largest absolute Gasteiger partial charge is 0.357 e. The molecule has 0 heterocycles. The molecule has 0 saturated carbocycles. The van der Waals surface area contributed by atoms with Crippen molar-refractivity contribution in [3.63, 3.8) is 0 Å². The van der Waals surface area contributed by atoms with E-state index in [-0.39, 0.29) is 4.90 Å². The van der Waals surface area contributed by atoms with E-state index in [1.54, 1.807) is 12.1 Å². The quantitative estimate of drug-likeness (QED) is 0.318. The molecule has 0 radical (unpaired) electrons. The third-order valence-electron chi connectivity index (χ3n) is 4.23. The highest BCUT2D eigenvalue weighted by Gasteiger charge is 2.12. The van der Waals surface area contributed by atoms with Crippen LogP contribution in [0.15, 0.2) is 34.2 Å². The minimum absolute atomic E-state index is 0.111. The molecular formula is C19H35N5O2S. The summed E-state index contributed by atoms with van der Waals surface area (Å²) in [7, 11) is -3.66. The number of nitrogens with two attached hydrogens (primary N) is 1. The van der Waals surface area contributed by atoms with Crippen LogP contribution in [0.25, 0.3) is 0 Å². The standard InChI is InChI=1S/C19H35N5O2S/c1-6-21-19(22-12-7-13-24(15(2)3)16(4)5)23-14-17-8-10-18(11-9-17)27(20,25)26/h8-11,15-16H,6-7,12-14H2,1-5H3,(H2,20,25,26)(H2,21,22,23). The molecule has 4 N–H and O–H groups in total. The maximum Gasteiger partial charge on any atom is 0.238 e. The molecule has 0 atom stereocenters. The van der Waals surface area contributed by atoms with E-state index in [9.17, 15) is 8.42 Å². The van der Waals surface area contributed by atoms with Crippen LogP contribution in [-0.4, -0.2) is 51.0 Å². The zero-order chi connectivity index (χ0) is 20.4. The first-order valence-corrected chi connectivity index (χ1v) is 11.1. The molecule has 0 aliphatic heterocycles. The second-order valence-corrected chi connectivity index (χ2v) is 8.65. The lowest BCUT2D eigenvalue weighted by atomic mass is 10.2. The Bertz CT molecular complexity index is 677. The van der Waals surface area contributed by atoms with Gasteiger partial charge in [0.1, 0.15) is 0 Å². The molecule has 0 aliphatic carbocycles. The summed E-state index contributed by atoms with van der Waals surface area (Å²) in [5.41, 5.74) is 0.922. The number of benzene rings is 1. The van der Waals surface area contributed by atoms with Crippen molar-refractivity contribution in [1.82, 2.24) is 15.5 Å². The fraction of sp³-hybridized carbons (Fsp3) is 0.632. The Morgan fingerprint density at radius 3 is 2.19 bits per heavy atom. The van der Waals surface area contributed by atoms with Crippen LogP contribution in [0.3, 0.4) is 0 Å². The van der Waals surface area contributed by atoms with E-state index in [1.165, 1.54) is 12.1 Å². The van der Waals surface area contributed by atoms with Gasteiger partial charge in [-0.05, 0) is 58.7 Å². The summed E-state index contributed by atoms with van der Waals surface area (Å²) in [6.45, 7) is 14.0. The van der Waals surface area contributed by atoms with Gasteiger partial charge in [0, 0.05) is 31.7 Å². The van der Waals surface area contributed by atoms with E-state index in [1.807, 2.05) is 6.92 Å². The average molecular weight is 398 g/mol. The Morgan fingerprint density at radius 1 is 1.11 bits per heavy atom. The van der Waals surface area contributed by atoms with Crippen LogP contribution in [0.2, 0.25) is 0 Å². The maximum absolute atomic E-state index is 11.3. The van der Waals surface area contributed by atoms with Gasteiger partial charge in [0.15, 0.2) is 5.96 Å². The number of nitrogens with one attached hydrogen (secondary N) is 2. The lowest BCUT2D eigenvalue weighted by Gasteiger charge is -2.30. The van der Waals surface area contributed by atoms with E-state index in [4.69, 9.17) is 5.14 Å². The van der Waals surface area contributed by atoms with Gasteiger partial charge in [0.05, 0.1) is 11.4 Å². The van der Waals surface area contributed by atoms with Crippen LogP contribution in [0.5, 0.6) is 0 Å². The fourth-order valence-electron chi connectivity index (χ4n) is 2.88. The maximum atomic E-state index is 11.3. The van der Waals surface area contributed by atoms with Crippen LogP contribution in [0.1, 0.15) is 46.6 Å². The van der Waals surface area contributed by atoms with E-state index in [2.05, 4.69) is 48.2 Å². The number of nitrogens with zero attached hydrogens (tertiary/aromatic N) is 2. The van der Waals surface area contributed by atoms with Gasteiger partial charge >= 0.3 is 0 Å². The normalized spacial score (nSPS) is 12.9. The molecule has 0 saturated heterocycles. The van der Waals surface area contributed by atoms with E-state index >= 15 is 0 Å². The summed E-state index contributed by atoms with van der Waals surface area (Å²) >= 11 is 0. The number of guanidine groups is 1. The molecule has 1 rings (SSSR count). The van der Waals surface area contributed by atoms with Gasteiger partial charge in [-0.15, -0.1) is 0 Å². The van der Waals surface area contributed by atoms with E-state index in [0.29, 0.717) is 18.6 Å². The highest BCUT2D eigenvalue weighted by atomic mass is 32.2. The highest BCUT2D eigenvalue weighted by Crippen LogP contribution is 2.09. The van der Waals surface area contributed by atoms with Crippen molar-refractivity contribution in [2.75, 3.05) is 19.6 Å². The Kier molecular flexibility index (Phi) is 9.76. The SMILES string of the molecule is CCNC(=NCc1ccc(S(N)(=O)=O)cc1)NCCCN(C(C)C)C(C)C. The number of primary sulfonamides is 1. The number of hydrogen-bond acceptors (Lipinski definition) is 4. The van der Waals surface area contributed by atoms with Crippen molar-refractivity contribution in [1.29, 1.82) is 0 Å². The van der Waals surface area contributed by atoms with Crippen molar-refractivity contribution in [3.05, 3.63) is 29.8 Å². The van der Waals surface area contributed by atoms with Gasteiger partial charge in [-0.3, -0.25) is 4.90 Å². The van der Waals surface area contributed by atoms with Gasteiger partial charge < -0.3 is 10.6 Å². The smallest absolute Gasteiger partial charge is 0.238 e. The molecule has 27 heavy (non-hydrogen) atoms. The summed E-state index contributed by atoms with van der Waals surface area (Å²) in [6, 6.07) is 7.55. The monoisotopic (exact) mass is 397 g/mol. The number of rotatable bonds is 10. The number of hydrogen-bond donors (Lipinski definition) is 3. The molecule has 0 unspecified atom stereocenters. The second-order valence-electron chi connectivity index (χ2n) is 7.09. The Labute approximate surface area is 164 Å². The van der Waals surface area contributed by atoms with E-state index in [0.717, 1.165) is 37.6 Å². The topological polar surface area (TPSA) is 99.8 Å². The molecule has 0 spiro atoms. The predicted octanol–water partition coefficient (Wildman–Crippen LogP) is 1.90. The summed E-state index contributed by atoms with van der Waals surface area (Å²) in [5, 5.41) is 11.7. The van der Waals surface area contributed by atoms with E-state index < -0.39 is 10.0 Å². The minimum atomic E-state index is -3.66. The van der Waals surface area contributed by atoms with Crippen LogP contribution < -0.4 is 15.8 Å². The van der Waals surface area contributed by atoms with Gasteiger partial charge in [-0.1, -0.05) is 12.1 Å². The van der Waals surface area contributed by atoms with Crippen LogP contribution in [-0.2, 0) is 16.6 Å². The highest BCUT2D eigenvalue weighted by molar-refractivity contribution is 7.89. The molecule has 154 valence electrons. The molecule has 7 nitrogen and oxygen atoms in total. The zero-order valence-electron chi connectivity index (χ0n) is 17.2. The van der Waals surface area contributed by atoms with Crippen molar-refractivity contribution in [3.8, 4) is 0 Å². The summed E-state index contributed by atoms with van der Waals surface area (Å²) in [4.78, 5) is 7.14. The predicted molar refractivity (Wildman–Crippen MR) is 112 cm³/mol. The van der Waals surface area contributed by atoms with Gasteiger partial charge in [-0.25, -0.2) is 18.5 Å². The number of sulfonamides is 1. The third kappa shape index (κ3) is 8.73. The molecular weight excluding hydrogens is 362 g/mol. The first-order chi connectivity index (χ1) is 12.6. The first-order valence-electron chi connectivity index (χ1n) is 9.54. The van der Waals surface area contributed by atoms with Crippen molar-refractivity contribution >= 4 is 16.0 Å². The lowest BCUT2D eigenvalue weighted by molar-refractivity contribution is 0.173. The van der Waals surface area contributed by atoms with Crippen molar-refractivity contribution < 1.29 is 8.42 Å². The van der Waals surface area contributed by atoms with Gasteiger partial charge in [0.25, 0.3) is 0 Å². The summed E-state index contributed by atoms with van der Waals surface area (Å²) in [6.07, 6.45) is 1.03. The molecule has 1 aromatic carbocycles. The second kappa shape index (κ2) is 11.3. The molecule has 8 heteroatoms. The first kappa shape index (κ1) is 23.4. The Morgan fingerprint density at radius 2 is 1.70 bits per heavy atom. The Balaban J connectivity index is 2.57. The fourth-order valence-corrected chi connectivity index (χ4v) is 3.39.